The summed E-state index contributed by atoms with van der Waals surface area (Å²) in [4.78, 5) is 11.2. The zero-order valence-corrected chi connectivity index (χ0v) is 15.0. The predicted octanol–water partition coefficient (Wildman–Crippen LogP) is 3.92. The van der Waals surface area contributed by atoms with Crippen molar-refractivity contribution in [3.63, 3.8) is 0 Å². The van der Waals surface area contributed by atoms with Gasteiger partial charge in [0.15, 0.2) is 11.6 Å². The number of hydrogen-bond acceptors (Lipinski definition) is 8. The number of aromatic nitrogens is 4. The number of fused-ring (bicyclic) bond motifs is 1. The Morgan fingerprint density at radius 2 is 1.67 bits per heavy atom. The number of nitrogens with zero attached hydrogens (tertiary/aromatic N) is 5. The van der Waals surface area contributed by atoms with E-state index in [1.807, 2.05) is 59.5 Å². The lowest BCUT2D eigenvalue weighted by Crippen LogP contribution is -2.19. The minimum Gasteiger partial charge on any atom is -0.497 e. The Bertz CT molecular complexity index is 1030. The third-order valence-electron chi connectivity index (χ3n) is 4.09. The van der Waals surface area contributed by atoms with Crippen molar-refractivity contribution in [2.24, 2.45) is 0 Å². The molecule has 136 valence electrons. The summed E-state index contributed by atoms with van der Waals surface area (Å²) in [5.74, 6) is 1.99. The molecule has 2 heterocycles. The van der Waals surface area contributed by atoms with Crippen molar-refractivity contribution in [2.45, 2.75) is 6.92 Å². The summed E-state index contributed by atoms with van der Waals surface area (Å²) in [6.45, 7) is 2.75. The summed E-state index contributed by atoms with van der Waals surface area (Å²) >= 11 is 0. The van der Waals surface area contributed by atoms with Gasteiger partial charge in [-0.3, -0.25) is 0 Å². The highest BCUT2D eigenvalue weighted by Crippen LogP contribution is 2.32. The molecule has 2 aromatic carbocycles. The second-order valence-electron chi connectivity index (χ2n) is 5.74. The Morgan fingerprint density at radius 1 is 0.963 bits per heavy atom. The van der Waals surface area contributed by atoms with Crippen LogP contribution in [-0.4, -0.2) is 33.9 Å². The highest BCUT2D eigenvalue weighted by atomic mass is 16.6. The molecule has 0 aliphatic carbocycles. The molecule has 0 saturated heterocycles. The highest BCUT2D eigenvalue weighted by molar-refractivity contribution is 5.80. The van der Waals surface area contributed by atoms with Crippen LogP contribution in [0.3, 0.4) is 0 Å². The van der Waals surface area contributed by atoms with Crippen LogP contribution in [-0.2, 0) is 0 Å². The fraction of sp³-hybridized carbons (Fsp3) is 0.158. The summed E-state index contributed by atoms with van der Waals surface area (Å²) in [5, 5.41) is 10.9. The van der Waals surface area contributed by atoms with Gasteiger partial charge in [0.1, 0.15) is 5.75 Å². The Labute approximate surface area is 155 Å². The van der Waals surface area contributed by atoms with Gasteiger partial charge in [0.05, 0.1) is 7.11 Å². The van der Waals surface area contributed by atoms with E-state index in [1.54, 1.807) is 7.11 Å². The van der Waals surface area contributed by atoms with Crippen molar-refractivity contribution >= 4 is 34.3 Å². The third-order valence-corrected chi connectivity index (χ3v) is 4.09. The van der Waals surface area contributed by atoms with Gasteiger partial charge in [0, 0.05) is 17.9 Å². The molecule has 0 spiro atoms. The molecule has 0 fully saturated rings. The van der Waals surface area contributed by atoms with Crippen molar-refractivity contribution in [3.05, 3.63) is 54.6 Å². The van der Waals surface area contributed by atoms with E-state index in [1.165, 1.54) is 0 Å². The molecule has 0 aliphatic heterocycles. The van der Waals surface area contributed by atoms with Crippen LogP contribution in [0.4, 0.5) is 23.0 Å². The summed E-state index contributed by atoms with van der Waals surface area (Å²) in [6.07, 6.45) is 0. The maximum atomic E-state index is 5.21. The van der Waals surface area contributed by atoms with E-state index in [0.717, 1.165) is 17.1 Å². The average Bonchev–Trinajstić information content (AvgIpc) is 3.17. The molecule has 0 amide bonds. The molecule has 8 heteroatoms. The fourth-order valence-corrected chi connectivity index (χ4v) is 2.78. The quantitative estimate of drug-likeness (QED) is 0.552. The zero-order valence-electron chi connectivity index (χ0n) is 15.0. The van der Waals surface area contributed by atoms with E-state index in [2.05, 4.69) is 32.5 Å². The Hall–Kier alpha value is -3.68. The first-order valence-corrected chi connectivity index (χ1v) is 8.52. The lowest BCUT2D eigenvalue weighted by molar-refractivity contribution is 0.314. The summed E-state index contributed by atoms with van der Waals surface area (Å²) in [6, 6.07) is 17.6. The number of methoxy groups -OCH3 is 1. The van der Waals surface area contributed by atoms with Crippen molar-refractivity contribution in [2.75, 3.05) is 23.9 Å². The Kier molecular flexibility index (Phi) is 4.52. The first kappa shape index (κ1) is 16.8. The van der Waals surface area contributed by atoms with Gasteiger partial charge in [-0.1, -0.05) is 18.2 Å². The molecule has 0 saturated carbocycles. The first-order valence-electron chi connectivity index (χ1n) is 8.52. The van der Waals surface area contributed by atoms with Gasteiger partial charge in [0.2, 0.25) is 11.3 Å². The van der Waals surface area contributed by atoms with Crippen molar-refractivity contribution in [3.8, 4) is 5.75 Å². The molecule has 0 radical (unpaired) electrons. The fourth-order valence-electron chi connectivity index (χ4n) is 2.78. The van der Waals surface area contributed by atoms with Gasteiger partial charge in [0.25, 0.3) is 0 Å². The summed E-state index contributed by atoms with van der Waals surface area (Å²) in [7, 11) is 1.64. The number of para-hydroxylation sites is 1. The summed E-state index contributed by atoms with van der Waals surface area (Å²) in [5.41, 5.74) is 2.56. The van der Waals surface area contributed by atoms with E-state index in [4.69, 9.17) is 9.37 Å². The van der Waals surface area contributed by atoms with Crippen LogP contribution in [0.25, 0.3) is 11.3 Å². The van der Waals surface area contributed by atoms with Crippen LogP contribution in [0.2, 0.25) is 0 Å². The van der Waals surface area contributed by atoms with Crippen molar-refractivity contribution < 1.29 is 9.37 Å². The van der Waals surface area contributed by atoms with Crippen LogP contribution < -0.4 is 15.0 Å². The highest BCUT2D eigenvalue weighted by Gasteiger charge is 2.19. The van der Waals surface area contributed by atoms with Gasteiger partial charge < -0.3 is 15.0 Å². The Morgan fingerprint density at radius 3 is 2.33 bits per heavy atom. The van der Waals surface area contributed by atoms with Gasteiger partial charge in [-0.2, -0.15) is 0 Å². The van der Waals surface area contributed by atoms with Crippen LogP contribution in [0.15, 0.2) is 59.2 Å². The van der Waals surface area contributed by atoms with Gasteiger partial charge in [-0.05, 0) is 53.6 Å². The third kappa shape index (κ3) is 3.37. The number of nitrogens with one attached hydrogen (secondary N) is 1. The second kappa shape index (κ2) is 7.28. The average molecular weight is 362 g/mol. The molecule has 0 unspecified atom stereocenters. The SMILES string of the molecule is CCN(c1ccccc1)c1nc2nonc2nc1Nc1ccc(OC)cc1. The lowest BCUT2D eigenvalue weighted by atomic mass is 10.2. The lowest BCUT2D eigenvalue weighted by Gasteiger charge is -2.24. The van der Waals surface area contributed by atoms with E-state index >= 15 is 0 Å². The van der Waals surface area contributed by atoms with E-state index in [0.29, 0.717) is 29.5 Å². The summed E-state index contributed by atoms with van der Waals surface area (Å²) < 4.78 is 10.00. The topological polar surface area (TPSA) is 89.2 Å². The molecule has 8 nitrogen and oxygen atoms in total. The molecule has 0 bridgehead atoms. The number of rotatable bonds is 6. The molecular formula is C19H18N6O2. The zero-order chi connectivity index (χ0) is 18.6. The number of benzene rings is 2. The molecule has 27 heavy (non-hydrogen) atoms. The van der Waals surface area contributed by atoms with E-state index in [9.17, 15) is 0 Å². The van der Waals surface area contributed by atoms with Gasteiger partial charge >= 0.3 is 0 Å². The minimum atomic E-state index is 0.346. The van der Waals surface area contributed by atoms with Crippen LogP contribution in [0.5, 0.6) is 5.75 Å². The van der Waals surface area contributed by atoms with Crippen LogP contribution in [0, 0.1) is 0 Å². The number of ether oxygens (including phenoxy) is 1. The van der Waals surface area contributed by atoms with Gasteiger partial charge in [-0.25, -0.2) is 14.6 Å². The van der Waals surface area contributed by atoms with E-state index < -0.39 is 0 Å². The number of anilines is 4. The van der Waals surface area contributed by atoms with Crippen molar-refractivity contribution in [1.82, 2.24) is 20.3 Å². The van der Waals surface area contributed by atoms with Gasteiger partial charge in [-0.15, -0.1) is 0 Å². The maximum absolute atomic E-state index is 5.21. The Balaban J connectivity index is 1.79. The monoisotopic (exact) mass is 362 g/mol. The van der Waals surface area contributed by atoms with Crippen molar-refractivity contribution in [1.29, 1.82) is 0 Å². The molecule has 2 aromatic heterocycles. The van der Waals surface area contributed by atoms with Crippen LogP contribution >= 0.6 is 0 Å². The molecule has 0 aliphatic rings. The largest absolute Gasteiger partial charge is 0.497 e. The minimum absolute atomic E-state index is 0.346. The first-order chi connectivity index (χ1) is 13.3. The molecule has 1 N–H and O–H groups in total. The predicted molar refractivity (Wildman–Crippen MR) is 103 cm³/mol. The maximum Gasteiger partial charge on any atom is 0.245 e. The smallest absolute Gasteiger partial charge is 0.245 e. The van der Waals surface area contributed by atoms with Crippen LogP contribution in [0.1, 0.15) is 6.92 Å². The number of hydrogen-bond donors (Lipinski definition) is 1. The molecule has 4 rings (SSSR count). The molecule has 0 atom stereocenters. The molecular weight excluding hydrogens is 344 g/mol. The second-order valence-corrected chi connectivity index (χ2v) is 5.74. The molecule has 4 aromatic rings. The normalized spacial score (nSPS) is 10.7. The van der Waals surface area contributed by atoms with E-state index in [-0.39, 0.29) is 0 Å². The standard InChI is InChI=1S/C19H18N6O2/c1-3-25(14-7-5-4-6-8-14)19-18(21-16-17(22-19)24-27-23-16)20-13-9-11-15(26-2)12-10-13/h4-12H,3H2,1-2H3,(H,20,21,23).